The number of rotatable bonds is 5. The summed E-state index contributed by atoms with van der Waals surface area (Å²) in [6.45, 7) is 9.41. The third-order valence-corrected chi connectivity index (χ3v) is 4.74. The number of nitrogen functional groups attached to an aromatic ring is 1. The number of hydrogen-bond acceptors (Lipinski definition) is 3. The van der Waals surface area contributed by atoms with Crippen LogP contribution in [-0.2, 0) is 16.8 Å². The first-order valence-electron chi connectivity index (χ1n) is 6.67. The van der Waals surface area contributed by atoms with Crippen molar-refractivity contribution in [2.45, 2.75) is 52.7 Å². The fourth-order valence-electron chi connectivity index (χ4n) is 1.84. The highest BCUT2D eigenvalue weighted by molar-refractivity contribution is 7.87. The molecule has 5 nitrogen and oxygen atoms in total. The van der Waals surface area contributed by atoms with Gasteiger partial charge in [0.15, 0.2) is 0 Å². The van der Waals surface area contributed by atoms with E-state index in [2.05, 4.69) is 4.72 Å². The second-order valence-corrected chi connectivity index (χ2v) is 7.82. The SMILES string of the molecule is CC(C)N(Cc1ccccc1N)S(=O)(=O)NC(C)(C)C. The minimum Gasteiger partial charge on any atom is -0.398 e. The summed E-state index contributed by atoms with van der Waals surface area (Å²) < 4.78 is 29.0. The van der Waals surface area contributed by atoms with E-state index in [4.69, 9.17) is 5.73 Å². The topological polar surface area (TPSA) is 75.4 Å². The van der Waals surface area contributed by atoms with Gasteiger partial charge in [0, 0.05) is 23.8 Å². The summed E-state index contributed by atoms with van der Waals surface area (Å²) in [6, 6.07) is 7.15. The van der Waals surface area contributed by atoms with Gasteiger partial charge in [0.05, 0.1) is 0 Å². The molecule has 0 heterocycles. The molecule has 0 aliphatic carbocycles. The van der Waals surface area contributed by atoms with Gasteiger partial charge in [-0.25, -0.2) is 0 Å². The van der Waals surface area contributed by atoms with Crippen LogP contribution in [0.1, 0.15) is 40.2 Å². The minimum atomic E-state index is -3.57. The van der Waals surface area contributed by atoms with Crippen LogP contribution in [0.15, 0.2) is 24.3 Å². The first-order chi connectivity index (χ1) is 9.03. The van der Waals surface area contributed by atoms with Crippen molar-refractivity contribution >= 4 is 15.9 Å². The normalized spacial score (nSPS) is 13.2. The molecule has 0 saturated carbocycles. The fraction of sp³-hybridized carbons (Fsp3) is 0.571. The Morgan fingerprint density at radius 2 is 1.80 bits per heavy atom. The summed E-state index contributed by atoms with van der Waals surface area (Å²) in [5.74, 6) is 0. The molecule has 0 aliphatic rings. The molecule has 0 unspecified atom stereocenters. The molecular weight excluding hydrogens is 274 g/mol. The number of nitrogens with zero attached hydrogens (tertiary/aromatic N) is 1. The molecule has 1 aromatic carbocycles. The van der Waals surface area contributed by atoms with Crippen LogP contribution >= 0.6 is 0 Å². The van der Waals surface area contributed by atoms with E-state index in [0.717, 1.165) is 5.56 Å². The van der Waals surface area contributed by atoms with Gasteiger partial charge in [0.25, 0.3) is 10.2 Å². The standard InChI is InChI=1S/C14H25N3O2S/c1-11(2)17(20(18,19)16-14(3,4)5)10-12-8-6-7-9-13(12)15/h6-9,11,16H,10,15H2,1-5H3. The van der Waals surface area contributed by atoms with Gasteiger partial charge in [-0.2, -0.15) is 17.4 Å². The maximum atomic E-state index is 12.5. The number of hydrogen-bond donors (Lipinski definition) is 2. The molecule has 3 N–H and O–H groups in total. The molecule has 0 fully saturated rings. The molecule has 0 aromatic heterocycles. The van der Waals surface area contributed by atoms with E-state index in [9.17, 15) is 8.42 Å². The second kappa shape index (κ2) is 6.11. The first kappa shape index (κ1) is 16.9. The quantitative estimate of drug-likeness (QED) is 0.818. The minimum absolute atomic E-state index is 0.158. The predicted octanol–water partition coefficient (Wildman–Crippen LogP) is 2.11. The van der Waals surface area contributed by atoms with Gasteiger partial charge in [-0.15, -0.1) is 0 Å². The summed E-state index contributed by atoms with van der Waals surface area (Å²) in [5.41, 5.74) is 6.79. The molecular formula is C14H25N3O2S. The van der Waals surface area contributed by atoms with Crippen molar-refractivity contribution in [3.8, 4) is 0 Å². The Balaban J connectivity index is 3.05. The molecule has 0 amide bonds. The van der Waals surface area contributed by atoms with Crippen LogP contribution in [0, 0.1) is 0 Å². The maximum absolute atomic E-state index is 12.5. The van der Waals surface area contributed by atoms with Crippen LogP contribution in [0.2, 0.25) is 0 Å². The van der Waals surface area contributed by atoms with Gasteiger partial charge >= 0.3 is 0 Å². The predicted molar refractivity (Wildman–Crippen MR) is 83.3 cm³/mol. The van der Waals surface area contributed by atoms with Crippen molar-refractivity contribution in [3.63, 3.8) is 0 Å². The van der Waals surface area contributed by atoms with Crippen molar-refractivity contribution in [1.29, 1.82) is 0 Å². The van der Waals surface area contributed by atoms with Gasteiger partial charge < -0.3 is 5.73 Å². The Morgan fingerprint density at radius 1 is 1.25 bits per heavy atom. The molecule has 0 spiro atoms. The van der Waals surface area contributed by atoms with E-state index in [-0.39, 0.29) is 12.6 Å². The zero-order valence-electron chi connectivity index (χ0n) is 12.8. The number of benzene rings is 1. The van der Waals surface area contributed by atoms with E-state index >= 15 is 0 Å². The molecule has 1 rings (SSSR count). The van der Waals surface area contributed by atoms with Gasteiger partial charge in [-0.05, 0) is 46.2 Å². The van der Waals surface area contributed by atoms with Crippen molar-refractivity contribution in [1.82, 2.24) is 9.03 Å². The Morgan fingerprint density at radius 3 is 2.25 bits per heavy atom. The third-order valence-electron chi connectivity index (χ3n) is 2.70. The van der Waals surface area contributed by atoms with E-state index in [1.807, 2.05) is 52.8 Å². The van der Waals surface area contributed by atoms with Gasteiger partial charge in [-0.3, -0.25) is 0 Å². The highest BCUT2D eigenvalue weighted by Crippen LogP contribution is 2.18. The fourth-order valence-corrected chi connectivity index (χ4v) is 3.59. The second-order valence-electron chi connectivity index (χ2n) is 6.19. The van der Waals surface area contributed by atoms with Crippen molar-refractivity contribution in [2.24, 2.45) is 0 Å². The molecule has 20 heavy (non-hydrogen) atoms. The summed E-state index contributed by atoms with van der Waals surface area (Å²) in [5, 5.41) is 0. The lowest BCUT2D eigenvalue weighted by molar-refractivity contribution is 0.332. The van der Waals surface area contributed by atoms with Crippen LogP contribution in [0.4, 0.5) is 5.69 Å². The Kier molecular flexibility index (Phi) is 5.18. The largest absolute Gasteiger partial charge is 0.398 e. The molecule has 0 atom stereocenters. The van der Waals surface area contributed by atoms with E-state index in [1.165, 1.54) is 4.31 Å². The molecule has 0 radical (unpaired) electrons. The highest BCUT2D eigenvalue weighted by Gasteiger charge is 2.29. The maximum Gasteiger partial charge on any atom is 0.280 e. The molecule has 114 valence electrons. The summed E-state index contributed by atoms with van der Waals surface area (Å²) in [6.07, 6.45) is 0. The first-order valence-corrected chi connectivity index (χ1v) is 8.11. The van der Waals surface area contributed by atoms with Crippen LogP contribution in [0.3, 0.4) is 0 Å². The van der Waals surface area contributed by atoms with E-state index in [1.54, 1.807) is 6.07 Å². The van der Waals surface area contributed by atoms with Crippen molar-refractivity contribution in [3.05, 3.63) is 29.8 Å². The van der Waals surface area contributed by atoms with Crippen LogP contribution in [0.25, 0.3) is 0 Å². The highest BCUT2D eigenvalue weighted by atomic mass is 32.2. The van der Waals surface area contributed by atoms with Crippen LogP contribution < -0.4 is 10.5 Å². The third kappa shape index (κ3) is 4.77. The lowest BCUT2D eigenvalue weighted by Gasteiger charge is -2.30. The number of para-hydroxylation sites is 1. The van der Waals surface area contributed by atoms with Gasteiger partial charge in [-0.1, -0.05) is 18.2 Å². The number of anilines is 1. The van der Waals surface area contributed by atoms with Gasteiger partial charge in [0.1, 0.15) is 0 Å². The number of nitrogens with one attached hydrogen (secondary N) is 1. The molecule has 0 bridgehead atoms. The lowest BCUT2D eigenvalue weighted by atomic mass is 10.1. The Bertz CT molecular complexity index is 548. The van der Waals surface area contributed by atoms with Crippen LogP contribution in [0.5, 0.6) is 0 Å². The smallest absolute Gasteiger partial charge is 0.280 e. The summed E-state index contributed by atoms with van der Waals surface area (Å²) in [7, 11) is -3.57. The van der Waals surface area contributed by atoms with Gasteiger partial charge in [0.2, 0.25) is 0 Å². The van der Waals surface area contributed by atoms with Crippen molar-refractivity contribution < 1.29 is 8.42 Å². The molecule has 0 saturated heterocycles. The molecule has 1 aromatic rings. The molecule has 6 heteroatoms. The van der Waals surface area contributed by atoms with Crippen molar-refractivity contribution in [2.75, 3.05) is 5.73 Å². The summed E-state index contributed by atoms with van der Waals surface area (Å²) in [4.78, 5) is 0. The molecule has 0 aliphatic heterocycles. The summed E-state index contributed by atoms with van der Waals surface area (Å²) >= 11 is 0. The van der Waals surface area contributed by atoms with E-state index < -0.39 is 15.7 Å². The Hall–Kier alpha value is -1.11. The zero-order valence-corrected chi connectivity index (χ0v) is 13.7. The lowest BCUT2D eigenvalue weighted by Crippen LogP contribution is -2.50. The van der Waals surface area contributed by atoms with Crippen LogP contribution in [-0.4, -0.2) is 24.3 Å². The monoisotopic (exact) mass is 299 g/mol. The Labute approximate surface area is 122 Å². The van der Waals surface area contributed by atoms with E-state index in [0.29, 0.717) is 5.69 Å². The number of nitrogens with two attached hydrogens (primary N) is 1. The zero-order chi connectivity index (χ0) is 15.6. The average molecular weight is 299 g/mol. The average Bonchev–Trinajstić information content (AvgIpc) is 2.23.